The molecular weight excluding hydrogens is 206 g/mol. The van der Waals surface area contributed by atoms with Crippen LogP contribution in [0.15, 0.2) is 12.1 Å². The summed E-state index contributed by atoms with van der Waals surface area (Å²) in [6.07, 6.45) is 0. The van der Waals surface area contributed by atoms with Gasteiger partial charge in [0.05, 0.1) is 0 Å². The van der Waals surface area contributed by atoms with Gasteiger partial charge in [0.25, 0.3) is 0 Å². The molecule has 0 aromatic carbocycles. The molecule has 5 N–H and O–H groups in total. The third kappa shape index (κ3) is 1.88. The Balaban J connectivity index is 2.37. The average molecular weight is 219 g/mol. The maximum absolute atomic E-state index is 5.50. The van der Waals surface area contributed by atoms with Crippen molar-refractivity contribution in [2.75, 3.05) is 23.4 Å². The molecular formula is C9H13N7. The predicted octanol–water partition coefficient (Wildman–Crippen LogP) is 0.440. The molecule has 7 nitrogen and oxygen atoms in total. The zero-order valence-electron chi connectivity index (χ0n) is 9.10. The summed E-state index contributed by atoms with van der Waals surface area (Å²) in [7, 11) is 1.82. The van der Waals surface area contributed by atoms with Gasteiger partial charge in [-0.2, -0.15) is 15.0 Å². The van der Waals surface area contributed by atoms with E-state index in [0.29, 0.717) is 5.95 Å². The SMILES string of the molecule is Cc1ccc(N(C)c2nc(N)nc(N)n2)[nH]1. The second-order valence-corrected chi connectivity index (χ2v) is 3.44. The average Bonchev–Trinajstić information content (AvgIpc) is 2.62. The lowest BCUT2D eigenvalue weighted by Crippen LogP contribution is -2.16. The molecule has 2 aromatic heterocycles. The van der Waals surface area contributed by atoms with E-state index in [1.54, 1.807) is 4.90 Å². The predicted molar refractivity (Wildman–Crippen MR) is 62.2 cm³/mol. The molecule has 84 valence electrons. The van der Waals surface area contributed by atoms with Gasteiger partial charge in [0.2, 0.25) is 17.8 Å². The summed E-state index contributed by atoms with van der Waals surface area (Å²) in [5.41, 5.74) is 12.1. The number of nitrogens with one attached hydrogen (secondary N) is 1. The van der Waals surface area contributed by atoms with E-state index >= 15 is 0 Å². The molecule has 7 heteroatoms. The Bertz CT molecular complexity index is 484. The number of hydrogen-bond acceptors (Lipinski definition) is 6. The number of aromatic amines is 1. The second-order valence-electron chi connectivity index (χ2n) is 3.44. The van der Waals surface area contributed by atoms with E-state index in [9.17, 15) is 0 Å². The summed E-state index contributed by atoms with van der Waals surface area (Å²) in [4.78, 5) is 16.6. The Labute approximate surface area is 92.5 Å². The van der Waals surface area contributed by atoms with Crippen LogP contribution in [0.2, 0.25) is 0 Å². The Morgan fingerprint density at radius 3 is 2.25 bits per heavy atom. The van der Waals surface area contributed by atoms with Crippen LogP contribution in [0.4, 0.5) is 23.7 Å². The first-order chi connectivity index (χ1) is 7.56. The van der Waals surface area contributed by atoms with Crippen LogP contribution < -0.4 is 16.4 Å². The molecule has 0 saturated heterocycles. The van der Waals surface area contributed by atoms with Crippen molar-refractivity contribution in [3.8, 4) is 0 Å². The molecule has 0 fully saturated rings. The number of hydrogen-bond donors (Lipinski definition) is 3. The van der Waals surface area contributed by atoms with Crippen molar-refractivity contribution in [2.24, 2.45) is 0 Å². The molecule has 0 amide bonds. The highest BCUT2D eigenvalue weighted by Gasteiger charge is 2.10. The first-order valence-corrected chi connectivity index (χ1v) is 4.72. The summed E-state index contributed by atoms with van der Waals surface area (Å²) in [6.45, 7) is 1.97. The van der Waals surface area contributed by atoms with Crippen LogP contribution in [0, 0.1) is 6.92 Å². The van der Waals surface area contributed by atoms with Gasteiger partial charge >= 0.3 is 0 Å². The van der Waals surface area contributed by atoms with Crippen molar-refractivity contribution >= 4 is 23.7 Å². The molecule has 16 heavy (non-hydrogen) atoms. The number of aromatic nitrogens is 4. The maximum atomic E-state index is 5.50. The van der Waals surface area contributed by atoms with Crippen LogP contribution in [0.1, 0.15) is 5.69 Å². The van der Waals surface area contributed by atoms with Crippen LogP contribution >= 0.6 is 0 Å². The molecule has 0 saturated carbocycles. The van der Waals surface area contributed by atoms with Crippen molar-refractivity contribution in [3.63, 3.8) is 0 Å². The summed E-state index contributed by atoms with van der Waals surface area (Å²) in [6, 6.07) is 3.88. The zero-order valence-corrected chi connectivity index (χ0v) is 9.10. The molecule has 0 aliphatic carbocycles. The first kappa shape index (κ1) is 10.2. The van der Waals surface area contributed by atoms with E-state index in [1.165, 1.54) is 0 Å². The van der Waals surface area contributed by atoms with E-state index in [2.05, 4.69) is 19.9 Å². The third-order valence-corrected chi connectivity index (χ3v) is 2.14. The van der Waals surface area contributed by atoms with Crippen LogP contribution in [0.3, 0.4) is 0 Å². The molecule has 2 rings (SSSR count). The van der Waals surface area contributed by atoms with Crippen LogP contribution in [-0.4, -0.2) is 27.0 Å². The fourth-order valence-corrected chi connectivity index (χ4v) is 1.34. The largest absolute Gasteiger partial charge is 0.368 e. The van der Waals surface area contributed by atoms with Gasteiger partial charge in [-0.15, -0.1) is 0 Å². The quantitative estimate of drug-likeness (QED) is 0.676. The molecule has 2 heterocycles. The standard InChI is InChI=1S/C9H13N7/c1-5-3-4-6(12-5)16(2)9-14-7(10)13-8(11)15-9/h3-4,12H,1-2H3,(H4,10,11,13,14,15). The van der Waals surface area contributed by atoms with Gasteiger partial charge in [0, 0.05) is 12.7 Å². The normalized spacial score (nSPS) is 10.4. The summed E-state index contributed by atoms with van der Waals surface area (Å²) < 4.78 is 0. The number of nitrogens with zero attached hydrogens (tertiary/aromatic N) is 4. The van der Waals surface area contributed by atoms with Gasteiger partial charge < -0.3 is 16.5 Å². The van der Waals surface area contributed by atoms with Crippen molar-refractivity contribution in [3.05, 3.63) is 17.8 Å². The topological polar surface area (TPSA) is 110 Å². The molecule has 0 aliphatic heterocycles. The summed E-state index contributed by atoms with van der Waals surface area (Å²) in [5, 5.41) is 0. The highest BCUT2D eigenvalue weighted by atomic mass is 15.3. The number of nitrogens with two attached hydrogens (primary N) is 2. The van der Waals surface area contributed by atoms with E-state index in [-0.39, 0.29) is 11.9 Å². The zero-order chi connectivity index (χ0) is 11.7. The Kier molecular flexibility index (Phi) is 2.35. The smallest absolute Gasteiger partial charge is 0.237 e. The molecule has 0 radical (unpaired) electrons. The molecule has 0 aliphatic rings. The number of anilines is 4. The Morgan fingerprint density at radius 1 is 1.12 bits per heavy atom. The van der Waals surface area contributed by atoms with E-state index in [1.807, 2.05) is 26.1 Å². The minimum atomic E-state index is 0.109. The number of rotatable bonds is 2. The molecule has 0 bridgehead atoms. The highest BCUT2D eigenvalue weighted by Crippen LogP contribution is 2.19. The van der Waals surface area contributed by atoms with Crippen LogP contribution in [0.5, 0.6) is 0 Å². The lowest BCUT2D eigenvalue weighted by molar-refractivity contribution is 0.989. The number of nitrogen functional groups attached to an aromatic ring is 2. The first-order valence-electron chi connectivity index (χ1n) is 4.72. The van der Waals surface area contributed by atoms with Gasteiger partial charge in [0.1, 0.15) is 5.82 Å². The molecule has 0 atom stereocenters. The second kappa shape index (κ2) is 3.69. The Hall–Kier alpha value is -2.31. The molecule has 0 unspecified atom stereocenters. The van der Waals surface area contributed by atoms with Gasteiger partial charge in [-0.25, -0.2) is 0 Å². The minimum Gasteiger partial charge on any atom is -0.368 e. The highest BCUT2D eigenvalue weighted by molar-refractivity contribution is 5.54. The van der Waals surface area contributed by atoms with Crippen LogP contribution in [0.25, 0.3) is 0 Å². The number of aryl methyl sites for hydroxylation is 1. The van der Waals surface area contributed by atoms with Crippen molar-refractivity contribution < 1.29 is 0 Å². The summed E-state index contributed by atoms with van der Waals surface area (Å²) >= 11 is 0. The molecule has 0 spiro atoms. The minimum absolute atomic E-state index is 0.109. The third-order valence-electron chi connectivity index (χ3n) is 2.14. The molecule has 2 aromatic rings. The lowest BCUT2D eigenvalue weighted by Gasteiger charge is -2.15. The monoisotopic (exact) mass is 219 g/mol. The van der Waals surface area contributed by atoms with Gasteiger partial charge in [-0.05, 0) is 19.1 Å². The van der Waals surface area contributed by atoms with Gasteiger partial charge in [-0.3, -0.25) is 4.90 Å². The summed E-state index contributed by atoms with van der Waals surface area (Å²) in [5.74, 6) is 1.49. The van der Waals surface area contributed by atoms with Gasteiger partial charge in [-0.1, -0.05) is 0 Å². The van der Waals surface area contributed by atoms with Crippen molar-refractivity contribution in [1.29, 1.82) is 0 Å². The number of H-pyrrole nitrogens is 1. The fraction of sp³-hybridized carbons (Fsp3) is 0.222. The van der Waals surface area contributed by atoms with Crippen LogP contribution in [-0.2, 0) is 0 Å². The Morgan fingerprint density at radius 2 is 1.75 bits per heavy atom. The van der Waals surface area contributed by atoms with E-state index in [4.69, 9.17) is 11.5 Å². The van der Waals surface area contributed by atoms with E-state index < -0.39 is 0 Å². The van der Waals surface area contributed by atoms with Gasteiger partial charge in [0.15, 0.2) is 0 Å². The lowest BCUT2D eigenvalue weighted by atomic mass is 10.5. The maximum Gasteiger partial charge on any atom is 0.237 e. The van der Waals surface area contributed by atoms with Crippen molar-refractivity contribution in [1.82, 2.24) is 19.9 Å². The van der Waals surface area contributed by atoms with E-state index in [0.717, 1.165) is 11.5 Å². The fourth-order valence-electron chi connectivity index (χ4n) is 1.34. The van der Waals surface area contributed by atoms with Crippen molar-refractivity contribution in [2.45, 2.75) is 6.92 Å².